The van der Waals surface area contributed by atoms with Crippen molar-refractivity contribution in [2.75, 3.05) is 20.8 Å². The van der Waals surface area contributed by atoms with E-state index in [1.165, 1.54) is 11.1 Å². The number of fused-ring (bicyclic) bond motifs is 1. The molecule has 1 N–H and O–H groups in total. The average molecular weight is 301 g/mol. The number of hydrogen-bond acceptors (Lipinski definition) is 4. The van der Waals surface area contributed by atoms with Gasteiger partial charge in [-0.1, -0.05) is 0 Å². The van der Waals surface area contributed by atoms with Crippen LogP contribution in [0.2, 0.25) is 0 Å². The average Bonchev–Trinajstić information content (AvgIpc) is 2.53. The Kier molecular flexibility index (Phi) is 3.19. The van der Waals surface area contributed by atoms with Gasteiger partial charge in [-0.3, -0.25) is 4.79 Å². The maximum atomic E-state index is 12.2. The lowest BCUT2D eigenvalue weighted by atomic mass is 9.52. The molecule has 0 radical (unpaired) electrons. The van der Waals surface area contributed by atoms with E-state index in [-0.39, 0.29) is 5.41 Å². The first-order valence-corrected chi connectivity index (χ1v) is 8.18. The molecule has 3 atom stereocenters. The van der Waals surface area contributed by atoms with Crippen molar-refractivity contribution in [2.45, 2.75) is 43.6 Å². The van der Waals surface area contributed by atoms with Crippen LogP contribution in [-0.2, 0) is 16.6 Å². The van der Waals surface area contributed by atoms with Gasteiger partial charge in [-0.2, -0.15) is 0 Å². The Morgan fingerprint density at radius 2 is 2.00 bits per heavy atom. The zero-order valence-corrected chi connectivity index (χ0v) is 13.3. The summed E-state index contributed by atoms with van der Waals surface area (Å²) in [6.45, 7) is 1.00. The topological polar surface area (TPSA) is 47.6 Å². The van der Waals surface area contributed by atoms with Gasteiger partial charge < -0.3 is 14.8 Å². The van der Waals surface area contributed by atoms with Gasteiger partial charge in [0.15, 0.2) is 11.5 Å². The summed E-state index contributed by atoms with van der Waals surface area (Å²) in [4.78, 5) is 12.2. The Labute approximate surface area is 131 Å². The van der Waals surface area contributed by atoms with E-state index >= 15 is 0 Å². The Morgan fingerprint density at radius 3 is 2.77 bits per heavy atom. The predicted octanol–water partition coefficient (Wildman–Crippen LogP) is 2.23. The fraction of sp³-hybridized carbons (Fsp3) is 0.611. The van der Waals surface area contributed by atoms with Crippen LogP contribution in [-0.4, -0.2) is 32.6 Å². The van der Waals surface area contributed by atoms with E-state index in [0.29, 0.717) is 24.2 Å². The molecule has 118 valence electrons. The van der Waals surface area contributed by atoms with Crippen molar-refractivity contribution in [3.05, 3.63) is 23.3 Å². The number of ketones is 1. The molecule has 0 unspecified atom stereocenters. The lowest BCUT2D eigenvalue weighted by molar-refractivity contribution is -0.125. The van der Waals surface area contributed by atoms with E-state index in [4.69, 9.17) is 9.47 Å². The summed E-state index contributed by atoms with van der Waals surface area (Å²) in [5, 5.41) is 3.68. The molecule has 1 saturated heterocycles. The fourth-order valence-corrected chi connectivity index (χ4v) is 5.08. The van der Waals surface area contributed by atoms with Crippen molar-refractivity contribution < 1.29 is 14.3 Å². The number of ether oxygens (including phenoxy) is 2. The van der Waals surface area contributed by atoms with Crippen molar-refractivity contribution in [3.8, 4) is 11.5 Å². The third kappa shape index (κ3) is 1.83. The minimum absolute atomic E-state index is 0.0123. The van der Waals surface area contributed by atoms with Gasteiger partial charge in [0.05, 0.1) is 14.2 Å². The van der Waals surface area contributed by atoms with E-state index in [1.54, 1.807) is 14.2 Å². The molecule has 3 aliphatic rings. The largest absolute Gasteiger partial charge is 0.493 e. The Bertz CT molecular complexity index is 627. The highest BCUT2D eigenvalue weighted by molar-refractivity contribution is 5.81. The number of carbonyl (C=O) groups excluding carboxylic acids is 1. The molecule has 4 rings (SSSR count). The fourth-order valence-electron chi connectivity index (χ4n) is 5.08. The highest BCUT2D eigenvalue weighted by Gasteiger charge is 2.53. The summed E-state index contributed by atoms with van der Waals surface area (Å²) in [6, 6.07) is 4.75. The maximum Gasteiger partial charge on any atom is 0.161 e. The second-order valence-electron chi connectivity index (χ2n) is 6.90. The van der Waals surface area contributed by atoms with Gasteiger partial charge in [0.2, 0.25) is 0 Å². The van der Waals surface area contributed by atoms with Gasteiger partial charge in [0.1, 0.15) is 5.78 Å². The van der Waals surface area contributed by atoms with Crippen molar-refractivity contribution >= 4 is 5.78 Å². The highest BCUT2D eigenvalue weighted by Crippen LogP contribution is 2.54. The summed E-state index contributed by atoms with van der Waals surface area (Å²) < 4.78 is 11.0. The van der Waals surface area contributed by atoms with Gasteiger partial charge in [0, 0.05) is 24.3 Å². The lowest BCUT2D eigenvalue weighted by Gasteiger charge is -2.55. The zero-order valence-electron chi connectivity index (χ0n) is 13.3. The number of benzene rings is 1. The number of Topliss-reactive ketones (excluding diaryl/α,β-unsaturated/α-hetero) is 1. The second-order valence-corrected chi connectivity index (χ2v) is 6.90. The van der Waals surface area contributed by atoms with E-state index in [0.717, 1.165) is 43.7 Å². The molecule has 1 aromatic carbocycles. The summed E-state index contributed by atoms with van der Waals surface area (Å²) in [5.41, 5.74) is 2.67. The molecule has 4 heteroatoms. The molecule has 22 heavy (non-hydrogen) atoms. The molecule has 0 amide bonds. The predicted molar refractivity (Wildman–Crippen MR) is 83.7 cm³/mol. The standard InChI is InChI=1S/C18H23NO3/c1-21-16-8-11-7-15-13-4-3-12(20)10-18(13,5-6-19-15)14(11)9-17(16)22-2/h8-9,13,15,19H,3-7,10H2,1-2H3/t13-,15+,18-/m1/s1. The van der Waals surface area contributed by atoms with Crippen molar-refractivity contribution in [1.82, 2.24) is 5.32 Å². The van der Waals surface area contributed by atoms with Crippen LogP contribution >= 0.6 is 0 Å². The molecular formula is C18H23NO3. The van der Waals surface area contributed by atoms with E-state index in [9.17, 15) is 4.79 Å². The smallest absolute Gasteiger partial charge is 0.161 e. The number of rotatable bonds is 2. The third-order valence-electron chi connectivity index (χ3n) is 6.01. The molecule has 0 spiro atoms. The monoisotopic (exact) mass is 301 g/mol. The molecule has 1 heterocycles. The maximum absolute atomic E-state index is 12.2. The van der Waals surface area contributed by atoms with Gasteiger partial charge in [-0.15, -0.1) is 0 Å². The van der Waals surface area contributed by atoms with Gasteiger partial charge in [-0.25, -0.2) is 0 Å². The summed E-state index contributed by atoms with van der Waals surface area (Å²) >= 11 is 0. The molecule has 2 aliphatic carbocycles. The van der Waals surface area contributed by atoms with Gasteiger partial charge in [-0.05, 0) is 55.0 Å². The summed E-state index contributed by atoms with van der Waals surface area (Å²) in [5.74, 6) is 2.56. The number of nitrogens with one attached hydrogen (secondary N) is 1. The summed E-state index contributed by atoms with van der Waals surface area (Å²) in [6.07, 6.45) is 4.52. The first-order chi connectivity index (χ1) is 10.7. The van der Waals surface area contributed by atoms with Crippen molar-refractivity contribution in [2.24, 2.45) is 5.92 Å². The van der Waals surface area contributed by atoms with Crippen LogP contribution in [0.15, 0.2) is 12.1 Å². The Balaban J connectivity index is 1.90. The molecular weight excluding hydrogens is 278 g/mol. The Hall–Kier alpha value is -1.55. The first kappa shape index (κ1) is 14.1. The van der Waals surface area contributed by atoms with Crippen LogP contribution < -0.4 is 14.8 Å². The van der Waals surface area contributed by atoms with Crippen LogP contribution in [0, 0.1) is 5.92 Å². The lowest BCUT2D eigenvalue weighted by Crippen LogP contribution is -2.60. The number of carbonyl (C=O) groups is 1. The first-order valence-electron chi connectivity index (χ1n) is 8.18. The second kappa shape index (κ2) is 4.98. The molecule has 4 nitrogen and oxygen atoms in total. The van der Waals surface area contributed by atoms with Crippen LogP contribution in [0.4, 0.5) is 0 Å². The normalized spacial score (nSPS) is 32.9. The quantitative estimate of drug-likeness (QED) is 0.910. The third-order valence-corrected chi connectivity index (χ3v) is 6.01. The molecule has 0 aromatic heterocycles. The van der Waals surface area contributed by atoms with Crippen molar-refractivity contribution in [1.29, 1.82) is 0 Å². The summed E-state index contributed by atoms with van der Waals surface area (Å²) in [7, 11) is 3.36. The minimum Gasteiger partial charge on any atom is -0.493 e. The van der Waals surface area contributed by atoms with Crippen LogP contribution in [0.25, 0.3) is 0 Å². The SMILES string of the molecule is COc1cc2c(cc1OC)[C@@]13CCN[C@@H](C2)[C@H]1CCC(=O)C3. The van der Waals surface area contributed by atoms with Crippen LogP contribution in [0.1, 0.15) is 36.8 Å². The molecule has 1 aromatic rings. The van der Waals surface area contributed by atoms with E-state index < -0.39 is 0 Å². The number of hydrogen-bond donors (Lipinski definition) is 1. The number of methoxy groups -OCH3 is 2. The number of piperidine rings is 1. The molecule has 1 saturated carbocycles. The minimum atomic E-state index is 0.0123. The van der Waals surface area contributed by atoms with E-state index in [2.05, 4.69) is 17.4 Å². The van der Waals surface area contributed by atoms with Crippen molar-refractivity contribution in [3.63, 3.8) is 0 Å². The molecule has 2 bridgehead atoms. The van der Waals surface area contributed by atoms with Gasteiger partial charge >= 0.3 is 0 Å². The van der Waals surface area contributed by atoms with E-state index in [1.807, 2.05) is 0 Å². The Morgan fingerprint density at radius 1 is 1.23 bits per heavy atom. The molecule has 2 fully saturated rings. The molecule has 1 aliphatic heterocycles. The van der Waals surface area contributed by atoms with Gasteiger partial charge in [0.25, 0.3) is 0 Å². The van der Waals surface area contributed by atoms with Crippen LogP contribution in [0.3, 0.4) is 0 Å². The zero-order chi connectivity index (χ0) is 15.3. The highest BCUT2D eigenvalue weighted by atomic mass is 16.5. The van der Waals surface area contributed by atoms with Crippen LogP contribution in [0.5, 0.6) is 11.5 Å².